The van der Waals surface area contributed by atoms with Gasteiger partial charge in [0.15, 0.2) is 0 Å². The number of hydrogen-bond acceptors (Lipinski definition) is 6. The predicted molar refractivity (Wildman–Crippen MR) is 217 cm³/mol. The fourth-order valence-corrected chi connectivity index (χ4v) is 7.26. The van der Waals surface area contributed by atoms with Gasteiger partial charge in [0.25, 0.3) is 0 Å². The summed E-state index contributed by atoms with van der Waals surface area (Å²) < 4.78 is 0. The summed E-state index contributed by atoms with van der Waals surface area (Å²) in [5.41, 5.74) is 11.0. The quantitative estimate of drug-likeness (QED) is 0.0353. The molecule has 8 nitrogen and oxygen atoms in total. The first kappa shape index (κ1) is 48.8. The molecule has 0 aliphatic carbocycles. The van der Waals surface area contributed by atoms with Gasteiger partial charge in [0, 0.05) is 65.2 Å². The number of nitrogens with two attached hydrogens (primary N) is 2. The average Bonchev–Trinajstić information content (AvgIpc) is 3.11. The minimum absolute atomic E-state index is 0.180. The summed E-state index contributed by atoms with van der Waals surface area (Å²) in [5, 5.41) is 12.6. The summed E-state index contributed by atoms with van der Waals surface area (Å²) in [6.07, 6.45) is 35.5. The van der Waals surface area contributed by atoms with Crippen LogP contribution < -0.4 is 32.7 Å². The molecule has 298 valence electrons. The Balaban J connectivity index is 4.95. The van der Waals surface area contributed by atoms with E-state index in [1.54, 1.807) is 0 Å². The number of carbonyl (C=O) groups is 2. The first-order chi connectivity index (χ1) is 24.6. The van der Waals surface area contributed by atoms with E-state index < -0.39 is 0 Å². The van der Waals surface area contributed by atoms with E-state index in [1.165, 1.54) is 141 Å². The number of amides is 2. The molecule has 0 aromatic carbocycles. The Morgan fingerprint density at radius 2 is 0.700 bits per heavy atom. The highest BCUT2D eigenvalue weighted by atomic mass is 16.2. The number of carbonyl (C=O) groups excluding carboxylic acids is 2. The maximum atomic E-state index is 12.3. The molecule has 0 saturated carbocycles. The normalized spacial score (nSPS) is 12.6. The van der Waals surface area contributed by atoms with Gasteiger partial charge in [-0.05, 0) is 24.7 Å². The van der Waals surface area contributed by atoms with Gasteiger partial charge in [-0.2, -0.15) is 0 Å². The van der Waals surface area contributed by atoms with Crippen LogP contribution in [0.25, 0.3) is 0 Å². The van der Waals surface area contributed by atoms with Crippen LogP contribution in [0.1, 0.15) is 194 Å². The minimum Gasteiger partial charge on any atom is -0.355 e. The lowest BCUT2D eigenvalue weighted by Crippen LogP contribution is -2.33. The predicted octanol–water partition coefficient (Wildman–Crippen LogP) is 8.51. The van der Waals surface area contributed by atoms with Gasteiger partial charge >= 0.3 is 0 Å². The maximum absolute atomic E-state index is 12.3. The molecule has 8 heteroatoms. The number of hydrogen-bond donors (Lipinski definition) is 6. The van der Waals surface area contributed by atoms with Gasteiger partial charge in [0.05, 0.1) is 0 Å². The third kappa shape index (κ3) is 35.2. The SMILES string of the molecule is CCCCCCCCCCC(CCCCCC(=O)NCCNCCN)C(CCCCCCCCCC)CCCCCC(=O)NCCNCCN. The van der Waals surface area contributed by atoms with Gasteiger partial charge in [-0.1, -0.05) is 168 Å². The second-order valence-electron chi connectivity index (χ2n) is 15.0. The van der Waals surface area contributed by atoms with Crippen LogP contribution in [-0.4, -0.2) is 64.2 Å². The largest absolute Gasteiger partial charge is 0.355 e. The summed E-state index contributed by atoms with van der Waals surface area (Å²) in [5.74, 6) is 1.96. The van der Waals surface area contributed by atoms with Crippen molar-refractivity contribution >= 4 is 11.8 Å². The molecular weight excluding hydrogens is 621 g/mol. The van der Waals surface area contributed by atoms with Crippen molar-refractivity contribution in [1.82, 2.24) is 21.3 Å². The zero-order valence-electron chi connectivity index (χ0n) is 33.6. The molecule has 0 fully saturated rings. The monoisotopic (exact) mass is 709 g/mol. The van der Waals surface area contributed by atoms with Crippen molar-refractivity contribution in [2.75, 3.05) is 52.4 Å². The zero-order valence-corrected chi connectivity index (χ0v) is 33.6. The molecule has 0 rings (SSSR count). The molecule has 2 unspecified atom stereocenters. The van der Waals surface area contributed by atoms with Crippen LogP contribution in [0, 0.1) is 11.8 Å². The van der Waals surface area contributed by atoms with Crippen LogP contribution in [0.2, 0.25) is 0 Å². The molecule has 0 spiro atoms. The Morgan fingerprint density at radius 1 is 0.400 bits per heavy atom. The molecule has 2 amide bonds. The lowest BCUT2D eigenvalue weighted by molar-refractivity contribution is -0.122. The Hall–Kier alpha value is -1.22. The molecule has 0 bridgehead atoms. The minimum atomic E-state index is 0.180. The first-order valence-electron chi connectivity index (χ1n) is 21.9. The van der Waals surface area contributed by atoms with Crippen molar-refractivity contribution < 1.29 is 9.59 Å². The topological polar surface area (TPSA) is 134 Å². The second-order valence-corrected chi connectivity index (χ2v) is 15.0. The maximum Gasteiger partial charge on any atom is 0.220 e. The highest BCUT2D eigenvalue weighted by Gasteiger charge is 2.21. The Kier molecular flexibility index (Phi) is 39.6. The second kappa shape index (κ2) is 40.5. The molecule has 0 aliphatic heterocycles. The molecule has 0 radical (unpaired) electrons. The molecule has 0 aromatic rings. The summed E-state index contributed by atoms with van der Waals surface area (Å²) in [4.78, 5) is 24.6. The first-order valence-corrected chi connectivity index (χ1v) is 21.9. The number of nitrogens with one attached hydrogen (secondary N) is 4. The van der Waals surface area contributed by atoms with E-state index in [-0.39, 0.29) is 11.8 Å². The van der Waals surface area contributed by atoms with Crippen LogP contribution in [0.5, 0.6) is 0 Å². The fourth-order valence-electron chi connectivity index (χ4n) is 7.26. The van der Waals surface area contributed by atoms with E-state index in [0.29, 0.717) is 39.0 Å². The van der Waals surface area contributed by atoms with Crippen molar-refractivity contribution in [3.63, 3.8) is 0 Å². The molecule has 0 aliphatic rings. The highest BCUT2D eigenvalue weighted by molar-refractivity contribution is 5.76. The number of rotatable bonds is 41. The van der Waals surface area contributed by atoms with Gasteiger partial charge < -0.3 is 32.7 Å². The standard InChI is InChI=1S/C42H88N6O2/c1-3-5-7-9-11-13-15-19-25-39(27-21-17-23-29-41(49)47-37-35-45-33-31-43)40(26-20-16-14-12-10-8-6-4-2)28-22-18-24-30-42(50)48-38-36-46-34-32-44/h39-40,45-46H,3-38,43-44H2,1-2H3,(H,47,49)(H,48,50). The van der Waals surface area contributed by atoms with Crippen molar-refractivity contribution in [3.8, 4) is 0 Å². The summed E-state index contributed by atoms with van der Waals surface area (Å²) in [6.45, 7) is 10.4. The molecule has 0 aromatic heterocycles. The summed E-state index contributed by atoms with van der Waals surface area (Å²) >= 11 is 0. The van der Waals surface area contributed by atoms with E-state index in [1.807, 2.05) is 0 Å². The van der Waals surface area contributed by atoms with E-state index in [2.05, 4.69) is 35.1 Å². The third-order valence-corrected chi connectivity index (χ3v) is 10.4. The van der Waals surface area contributed by atoms with Crippen LogP contribution in [-0.2, 0) is 9.59 Å². The van der Waals surface area contributed by atoms with Crippen LogP contribution in [0.3, 0.4) is 0 Å². The molecule has 0 heterocycles. The lowest BCUT2D eigenvalue weighted by atomic mass is 9.78. The Morgan fingerprint density at radius 3 is 1.02 bits per heavy atom. The van der Waals surface area contributed by atoms with Crippen LogP contribution in [0.15, 0.2) is 0 Å². The van der Waals surface area contributed by atoms with Crippen molar-refractivity contribution in [2.24, 2.45) is 23.3 Å². The lowest BCUT2D eigenvalue weighted by Gasteiger charge is -2.28. The summed E-state index contributed by atoms with van der Waals surface area (Å²) in [6, 6.07) is 0. The number of unbranched alkanes of at least 4 members (excludes halogenated alkanes) is 18. The fraction of sp³-hybridized carbons (Fsp3) is 0.952. The van der Waals surface area contributed by atoms with E-state index in [4.69, 9.17) is 11.5 Å². The van der Waals surface area contributed by atoms with Gasteiger partial charge in [0.1, 0.15) is 0 Å². The molecule has 2 atom stereocenters. The zero-order chi connectivity index (χ0) is 36.6. The van der Waals surface area contributed by atoms with Crippen LogP contribution in [0.4, 0.5) is 0 Å². The van der Waals surface area contributed by atoms with Gasteiger partial charge in [0.2, 0.25) is 11.8 Å². The average molecular weight is 709 g/mol. The molecule has 0 saturated heterocycles. The Labute approximate surface area is 311 Å². The Bertz CT molecular complexity index is 652. The van der Waals surface area contributed by atoms with Gasteiger partial charge in [-0.3, -0.25) is 9.59 Å². The van der Waals surface area contributed by atoms with Crippen molar-refractivity contribution in [3.05, 3.63) is 0 Å². The smallest absolute Gasteiger partial charge is 0.220 e. The molecule has 8 N–H and O–H groups in total. The van der Waals surface area contributed by atoms with E-state index >= 15 is 0 Å². The van der Waals surface area contributed by atoms with Crippen molar-refractivity contribution in [1.29, 1.82) is 0 Å². The van der Waals surface area contributed by atoms with E-state index in [9.17, 15) is 9.59 Å². The molecule has 50 heavy (non-hydrogen) atoms. The van der Waals surface area contributed by atoms with Gasteiger partial charge in [-0.15, -0.1) is 0 Å². The third-order valence-electron chi connectivity index (χ3n) is 10.4. The van der Waals surface area contributed by atoms with Crippen LogP contribution >= 0.6 is 0 Å². The van der Waals surface area contributed by atoms with Crippen molar-refractivity contribution in [2.45, 2.75) is 194 Å². The van der Waals surface area contributed by atoms with Gasteiger partial charge in [-0.25, -0.2) is 0 Å². The van der Waals surface area contributed by atoms with E-state index in [0.717, 1.165) is 63.7 Å². The molecular formula is C42H88N6O2. The summed E-state index contributed by atoms with van der Waals surface area (Å²) in [7, 11) is 0. The highest BCUT2D eigenvalue weighted by Crippen LogP contribution is 2.33.